The van der Waals surface area contributed by atoms with Gasteiger partial charge in [0, 0.05) is 25.5 Å². The number of aromatic nitrogens is 3. The topological polar surface area (TPSA) is 96.3 Å². The molecule has 3 heterocycles. The molecular formula is C14H14N4O3S. The van der Waals surface area contributed by atoms with Crippen LogP contribution in [0.4, 0.5) is 0 Å². The molecule has 2 atom stereocenters. The maximum absolute atomic E-state index is 12.5. The van der Waals surface area contributed by atoms with Gasteiger partial charge in [-0.1, -0.05) is 6.92 Å². The van der Waals surface area contributed by atoms with Crippen LogP contribution in [0.2, 0.25) is 0 Å². The van der Waals surface area contributed by atoms with Gasteiger partial charge in [0.25, 0.3) is 5.91 Å². The molecule has 1 aliphatic heterocycles. The van der Waals surface area contributed by atoms with Gasteiger partial charge < -0.3 is 10.0 Å². The Kier molecular flexibility index (Phi) is 3.84. The molecule has 0 spiro atoms. The minimum absolute atomic E-state index is 0.0497. The van der Waals surface area contributed by atoms with E-state index in [4.69, 9.17) is 5.11 Å². The molecular weight excluding hydrogens is 304 g/mol. The third-order valence-corrected chi connectivity index (χ3v) is 4.67. The normalized spacial score (nSPS) is 21.0. The molecule has 3 rings (SSSR count). The van der Waals surface area contributed by atoms with E-state index in [0.717, 1.165) is 0 Å². The zero-order valence-corrected chi connectivity index (χ0v) is 12.7. The van der Waals surface area contributed by atoms with Gasteiger partial charge in [-0.05, 0) is 12.0 Å². The molecule has 1 saturated heterocycles. The van der Waals surface area contributed by atoms with Crippen LogP contribution in [-0.4, -0.2) is 49.9 Å². The fourth-order valence-corrected chi connectivity index (χ4v) is 3.33. The molecule has 0 bridgehead atoms. The number of carboxylic acids is 1. The van der Waals surface area contributed by atoms with Crippen LogP contribution in [0.3, 0.4) is 0 Å². The largest absolute Gasteiger partial charge is 0.481 e. The minimum atomic E-state index is -0.856. The lowest BCUT2D eigenvalue weighted by Gasteiger charge is -2.14. The lowest BCUT2D eigenvalue weighted by atomic mass is 9.99. The maximum atomic E-state index is 12.5. The Hall–Kier alpha value is -2.35. The molecule has 8 heteroatoms. The molecule has 2 aromatic rings. The molecule has 1 fully saturated rings. The lowest BCUT2D eigenvalue weighted by molar-refractivity contribution is -0.142. The summed E-state index contributed by atoms with van der Waals surface area (Å²) in [5, 5.41) is 9.72. The van der Waals surface area contributed by atoms with Gasteiger partial charge in [0.1, 0.15) is 4.88 Å². The number of rotatable bonds is 3. The van der Waals surface area contributed by atoms with Crippen LogP contribution < -0.4 is 0 Å². The molecule has 7 nitrogen and oxygen atoms in total. The zero-order chi connectivity index (χ0) is 15.7. The number of hydrogen-bond acceptors (Lipinski definition) is 6. The first kappa shape index (κ1) is 14.6. The van der Waals surface area contributed by atoms with Gasteiger partial charge in [-0.3, -0.25) is 9.59 Å². The van der Waals surface area contributed by atoms with Crippen LogP contribution >= 0.6 is 11.3 Å². The van der Waals surface area contributed by atoms with E-state index in [1.807, 2.05) is 6.92 Å². The van der Waals surface area contributed by atoms with Gasteiger partial charge in [0.15, 0.2) is 10.8 Å². The fraction of sp³-hybridized carbons (Fsp3) is 0.357. The molecule has 0 saturated carbocycles. The van der Waals surface area contributed by atoms with E-state index < -0.39 is 11.9 Å². The van der Waals surface area contributed by atoms with Crippen molar-refractivity contribution < 1.29 is 14.7 Å². The SMILES string of the molecule is C[C@@H]1CN(C(=O)c2cnc(-c3ncccn3)s2)C[C@H]1C(=O)O. The number of aliphatic carboxylic acids is 1. The van der Waals surface area contributed by atoms with Gasteiger partial charge >= 0.3 is 5.97 Å². The number of carbonyl (C=O) groups is 2. The number of thiazole rings is 1. The highest BCUT2D eigenvalue weighted by Crippen LogP contribution is 2.28. The average molecular weight is 318 g/mol. The number of hydrogen-bond donors (Lipinski definition) is 1. The second kappa shape index (κ2) is 5.80. The predicted octanol–water partition coefficient (Wildman–Crippen LogP) is 1.39. The Morgan fingerprint density at radius 1 is 1.27 bits per heavy atom. The van der Waals surface area contributed by atoms with E-state index in [1.54, 1.807) is 23.4 Å². The summed E-state index contributed by atoms with van der Waals surface area (Å²) >= 11 is 1.22. The van der Waals surface area contributed by atoms with Crippen molar-refractivity contribution in [2.75, 3.05) is 13.1 Å². The summed E-state index contributed by atoms with van der Waals surface area (Å²) in [5.74, 6) is -1.12. The summed E-state index contributed by atoms with van der Waals surface area (Å²) in [4.78, 5) is 38.0. The van der Waals surface area contributed by atoms with Gasteiger partial charge in [-0.2, -0.15) is 0 Å². The quantitative estimate of drug-likeness (QED) is 0.918. The Balaban J connectivity index is 1.77. The lowest BCUT2D eigenvalue weighted by Crippen LogP contribution is -2.29. The van der Waals surface area contributed by atoms with E-state index in [2.05, 4.69) is 15.0 Å². The summed E-state index contributed by atoms with van der Waals surface area (Å²) in [5.41, 5.74) is 0. The van der Waals surface area contributed by atoms with Gasteiger partial charge in [0.2, 0.25) is 0 Å². The smallest absolute Gasteiger partial charge is 0.308 e. The second-order valence-corrected chi connectivity index (χ2v) is 6.26. The van der Waals surface area contributed by atoms with Gasteiger partial charge in [-0.25, -0.2) is 15.0 Å². The van der Waals surface area contributed by atoms with E-state index in [0.29, 0.717) is 22.3 Å². The Bertz CT molecular complexity index is 703. The first-order chi connectivity index (χ1) is 10.6. The summed E-state index contributed by atoms with van der Waals surface area (Å²) in [6.45, 7) is 2.54. The Morgan fingerprint density at radius 3 is 2.64 bits per heavy atom. The predicted molar refractivity (Wildman–Crippen MR) is 79.3 cm³/mol. The third-order valence-electron chi connectivity index (χ3n) is 3.69. The number of nitrogens with zero attached hydrogens (tertiary/aromatic N) is 4. The highest BCUT2D eigenvalue weighted by atomic mass is 32.1. The summed E-state index contributed by atoms with van der Waals surface area (Å²) in [6, 6.07) is 1.71. The molecule has 0 unspecified atom stereocenters. The average Bonchev–Trinajstić information content (AvgIpc) is 3.14. The van der Waals surface area contributed by atoms with Crippen molar-refractivity contribution in [1.82, 2.24) is 19.9 Å². The fourth-order valence-electron chi connectivity index (χ4n) is 2.50. The van der Waals surface area contributed by atoms with Crippen molar-refractivity contribution >= 4 is 23.2 Å². The molecule has 0 aromatic carbocycles. The monoisotopic (exact) mass is 318 g/mol. The standard InChI is InChI=1S/C14H14N4O3S/c1-8-6-18(7-9(8)14(20)21)13(19)10-5-17-12(22-10)11-15-3-2-4-16-11/h2-5,8-9H,6-7H2,1H3,(H,20,21)/t8-,9-/m1/s1. The van der Waals surface area contributed by atoms with Crippen LogP contribution in [0, 0.1) is 11.8 Å². The number of likely N-dealkylation sites (tertiary alicyclic amines) is 1. The molecule has 0 aliphatic carbocycles. The van der Waals surface area contributed by atoms with Gasteiger partial charge in [0.05, 0.1) is 12.1 Å². The number of carbonyl (C=O) groups excluding carboxylic acids is 1. The van der Waals surface area contributed by atoms with E-state index >= 15 is 0 Å². The van der Waals surface area contributed by atoms with Crippen molar-refractivity contribution in [3.63, 3.8) is 0 Å². The van der Waals surface area contributed by atoms with Crippen molar-refractivity contribution in [1.29, 1.82) is 0 Å². The van der Waals surface area contributed by atoms with Crippen LogP contribution in [-0.2, 0) is 4.79 Å². The van der Waals surface area contributed by atoms with E-state index in [9.17, 15) is 9.59 Å². The van der Waals surface area contributed by atoms with Crippen LogP contribution in [0.15, 0.2) is 24.7 Å². The van der Waals surface area contributed by atoms with Crippen LogP contribution in [0.25, 0.3) is 10.8 Å². The zero-order valence-electron chi connectivity index (χ0n) is 11.8. The van der Waals surface area contributed by atoms with Crippen molar-refractivity contribution in [2.24, 2.45) is 11.8 Å². The van der Waals surface area contributed by atoms with E-state index in [-0.39, 0.29) is 18.4 Å². The number of carboxylic acid groups (broad SMARTS) is 1. The maximum Gasteiger partial charge on any atom is 0.308 e. The highest BCUT2D eigenvalue weighted by molar-refractivity contribution is 7.16. The second-order valence-electron chi connectivity index (χ2n) is 5.23. The first-order valence-corrected chi connectivity index (χ1v) is 7.63. The summed E-state index contributed by atoms with van der Waals surface area (Å²) < 4.78 is 0. The van der Waals surface area contributed by atoms with Gasteiger partial charge in [-0.15, -0.1) is 11.3 Å². The molecule has 114 valence electrons. The minimum Gasteiger partial charge on any atom is -0.481 e. The molecule has 0 radical (unpaired) electrons. The summed E-state index contributed by atoms with van der Waals surface area (Å²) in [6.07, 6.45) is 4.73. The Labute approximate surface area is 130 Å². The van der Waals surface area contributed by atoms with Crippen LogP contribution in [0.5, 0.6) is 0 Å². The molecule has 1 N–H and O–H groups in total. The van der Waals surface area contributed by atoms with Crippen molar-refractivity contribution in [3.05, 3.63) is 29.5 Å². The van der Waals surface area contributed by atoms with Crippen molar-refractivity contribution in [3.8, 4) is 10.8 Å². The first-order valence-electron chi connectivity index (χ1n) is 6.81. The molecule has 1 aliphatic rings. The molecule has 2 aromatic heterocycles. The summed E-state index contributed by atoms with van der Waals surface area (Å²) in [7, 11) is 0. The number of amides is 1. The van der Waals surface area contributed by atoms with Crippen LogP contribution in [0.1, 0.15) is 16.6 Å². The third kappa shape index (κ3) is 2.69. The Morgan fingerprint density at radius 2 is 2.00 bits per heavy atom. The highest BCUT2D eigenvalue weighted by Gasteiger charge is 2.37. The van der Waals surface area contributed by atoms with E-state index in [1.165, 1.54) is 17.5 Å². The molecule has 22 heavy (non-hydrogen) atoms. The molecule has 1 amide bonds. The van der Waals surface area contributed by atoms with Crippen molar-refractivity contribution in [2.45, 2.75) is 6.92 Å².